The van der Waals surface area contributed by atoms with Gasteiger partial charge < -0.3 is 9.80 Å². The molecular formula is C21H33N3O2. The van der Waals surface area contributed by atoms with Crippen molar-refractivity contribution in [2.75, 3.05) is 32.7 Å². The van der Waals surface area contributed by atoms with E-state index < -0.39 is 0 Å². The number of hydrogen-bond acceptors (Lipinski definition) is 3. The number of rotatable bonds is 5. The van der Waals surface area contributed by atoms with Crippen molar-refractivity contribution >= 4 is 11.8 Å². The van der Waals surface area contributed by atoms with Crippen LogP contribution in [0.5, 0.6) is 0 Å². The zero-order valence-corrected chi connectivity index (χ0v) is 16.9. The fourth-order valence-corrected chi connectivity index (χ4v) is 3.74. The topological polar surface area (TPSA) is 43.9 Å². The van der Waals surface area contributed by atoms with Crippen LogP contribution >= 0.6 is 0 Å². The maximum absolute atomic E-state index is 12.8. The molecule has 1 aromatic carbocycles. The molecule has 0 aromatic heterocycles. The van der Waals surface area contributed by atoms with E-state index in [1.165, 1.54) is 0 Å². The number of amides is 2. The number of nitrogens with zero attached hydrogens (tertiary/aromatic N) is 3. The number of benzene rings is 1. The summed E-state index contributed by atoms with van der Waals surface area (Å²) < 4.78 is 0. The van der Waals surface area contributed by atoms with Gasteiger partial charge >= 0.3 is 0 Å². The van der Waals surface area contributed by atoms with E-state index in [9.17, 15) is 9.59 Å². The lowest BCUT2D eigenvalue weighted by Gasteiger charge is -2.33. The monoisotopic (exact) mass is 359 g/mol. The molecule has 2 rings (SSSR count). The predicted octanol–water partition coefficient (Wildman–Crippen LogP) is 2.79. The lowest BCUT2D eigenvalue weighted by atomic mass is 10.1. The zero-order valence-electron chi connectivity index (χ0n) is 16.9. The minimum atomic E-state index is 0.0906. The first kappa shape index (κ1) is 20.4. The van der Waals surface area contributed by atoms with Gasteiger partial charge in [0.05, 0.1) is 6.54 Å². The predicted molar refractivity (Wildman–Crippen MR) is 105 cm³/mol. The van der Waals surface area contributed by atoms with Crippen molar-refractivity contribution in [3.05, 3.63) is 35.4 Å². The Labute approximate surface area is 158 Å². The van der Waals surface area contributed by atoms with E-state index in [1.807, 2.05) is 41.0 Å². The van der Waals surface area contributed by atoms with Crippen LogP contribution in [0.2, 0.25) is 0 Å². The smallest absolute Gasteiger partial charge is 0.253 e. The van der Waals surface area contributed by atoms with Crippen LogP contribution in [0.15, 0.2) is 24.3 Å². The first-order valence-electron chi connectivity index (χ1n) is 9.69. The van der Waals surface area contributed by atoms with Crippen molar-refractivity contribution in [1.29, 1.82) is 0 Å². The van der Waals surface area contributed by atoms with Gasteiger partial charge in [0.15, 0.2) is 0 Å². The minimum absolute atomic E-state index is 0.0906. The molecule has 5 nitrogen and oxygen atoms in total. The molecule has 1 aromatic rings. The van der Waals surface area contributed by atoms with Crippen molar-refractivity contribution in [3.8, 4) is 0 Å². The fraction of sp³-hybridized carbons (Fsp3) is 0.619. The third-order valence-corrected chi connectivity index (χ3v) is 4.90. The van der Waals surface area contributed by atoms with Gasteiger partial charge in [-0.2, -0.15) is 0 Å². The van der Waals surface area contributed by atoms with E-state index >= 15 is 0 Å². The summed E-state index contributed by atoms with van der Waals surface area (Å²) >= 11 is 0. The lowest BCUT2D eigenvalue weighted by molar-refractivity contribution is -0.136. The summed E-state index contributed by atoms with van der Waals surface area (Å²) in [5.74, 6) is 0.265. The Morgan fingerprint density at radius 3 is 2.35 bits per heavy atom. The molecular weight excluding hydrogens is 326 g/mol. The molecule has 0 spiro atoms. The van der Waals surface area contributed by atoms with Crippen LogP contribution in [0, 0.1) is 6.92 Å². The highest BCUT2D eigenvalue weighted by atomic mass is 16.2. The Morgan fingerprint density at radius 1 is 1.04 bits per heavy atom. The van der Waals surface area contributed by atoms with Crippen LogP contribution in [0.1, 0.15) is 50.0 Å². The largest absolute Gasteiger partial charge is 0.337 e. The molecule has 5 heteroatoms. The van der Waals surface area contributed by atoms with E-state index in [0.29, 0.717) is 13.1 Å². The first-order chi connectivity index (χ1) is 12.3. The molecule has 0 N–H and O–H groups in total. The SMILES string of the molecule is Cc1cccc(C(=O)N2CCCN(CC(=O)N(C(C)C)C(C)C)CC2)c1. The maximum atomic E-state index is 12.8. The van der Waals surface area contributed by atoms with Gasteiger partial charge in [-0.05, 0) is 53.2 Å². The molecule has 1 saturated heterocycles. The van der Waals surface area contributed by atoms with Crippen molar-refractivity contribution < 1.29 is 9.59 Å². The minimum Gasteiger partial charge on any atom is -0.337 e. The summed E-state index contributed by atoms with van der Waals surface area (Å²) in [6.45, 7) is 13.7. The molecule has 144 valence electrons. The van der Waals surface area contributed by atoms with Gasteiger partial charge in [0.25, 0.3) is 5.91 Å². The van der Waals surface area contributed by atoms with Crippen molar-refractivity contribution in [2.24, 2.45) is 0 Å². The van der Waals surface area contributed by atoms with Crippen LogP contribution in [-0.2, 0) is 4.79 Å². The molecule has 0 bridgehead atoms. The Bertz CT molecular complexity index is 619. The number of hydrogen-bond donors (Lipinski definition) is 0. The molecule has 0 saturated carbocycles. The lowest BCUT2D eigenvalue weighted by Crippen LogP contribution is -2.47. The maximum Gasteiger partial charge on any atom is 0.253 e. The number of aryl methyl sites for hydroxylation is 1. The second kappa shape index (κ2) is 9.17. The fourth-order valence-electron chi connectivity index (χ4n) is 3.74. The Morgan fingerprint density at radius 2 is 1.73 bits per heavy atom. The van der Waals surface area contributed by atoms with Gasteiger partial charge in [0.1, 0.15) is 0 Å². The van der Waals surface area contributed by atoms with Crippen LogP contribution in [0.4, 0.5) is 0 Å². The average molecular weight is 360 g/mol. The molecule has 26 heavy (non-hydrogen) atoms. The third kappa shape index (κ3) is 5.31. The average Bonchev–Trinajstić information content (AvgIpc) is 2.79. The number of carbonyl (C=O) groups excluding carboxylic acids is 2. The van der Waals surface area contributed by atoms with Crippen molar-refractivity contribution in [3.63, 3.8) is 0 Å². The van der Waals surface area contributed by atoms with Gasteiger partial charge in [-0.3, -0.25) is 14.5 Å². The van der Waals surface area contributed by atoms with Gasteiger partial charge in [-0.25, -0.2) is 0 Å². The molecule has 0 aliphatic carbocycles. The summed E-state index contributed by atoms with van der Waals surface area (Å²) in [4.78, 5) is 31.5. The molecule has 1 fully saturated rings. The van der Waals surface area contributed by atoms with Crippen LogP contribution in [0.3, 0.4) is 0 Å². The highest BCUT2D eigenvalue weighted by molar-refractivity contribution is 5.94. The summed E-state index contributed by atoms with van der Waals surface area (Å²) in [6, 6.07) is 8.16. The standard InChI is InChI=1S/C21H33N3O2/c1-16(2)24(17(3)4)20(25)15-22-10-7-11-23(13-12-22)21(26)19-9-6-8-18(5)14-19/h6,8-9,14,16-17H,7,10-13,15H2,1-5H3. The van der Waals surface area contributed by atoms with Crippen LogP contribution in [-0.4, -0.2) is 71.3 Å². The van der Waals surface area contributed by atoms with E-state index in [2.05, 4.69) is 32.6 Å². The van der Waals surface area contributed by atoms with Crippen molar-refractivity contribution in [1.82, 2.24) is 14.7 Å². The molecule has 0 atom stereocenters. The number of carbonyl (C=O) groups is 2. The highest BCUT2D eigenvalue weighted by Gasteiger charge is 2.25. The Kier molecular flexibility index (Phi) is 7.21. The summed E-state index contributed by atoms with van der Waals surface area (Å²) in [6.07, 6.45) is 0.897. The third-order valence-electron chi connectivity index (χ3n) is 4.90. The van der Waals surface area contributed by atoms with E-state index in [4.69, 9.17) is 0 Å². The molecule has 0 radical (unpaired) electrons. The highest BCUT2D eigenvalue weighted by Crippen LogP contribution is 2.12. The van der Waals surface area contributed by atoms with Gasteiger partial charge in [0.2, 0.25) is 5.91 Å². The summed E-state index contributed by atoms with van der Waals surface area (Å²) in [5, 5.41) is 0. The van der Waals surface area contributed by atoms with Gasteiger partial charge in [0, 0.05) is 43.8 Å². The van der Waals surface area contributed by atoms with E-state index in [0.717, 1.165) is 37.2 Å². The molecule has 1 heterocycles. The zero-order chi connectivity index (χ0) is 19.3. The first-order valence-corrected chi connectivity index (χ1v) is 9.69. The van der Waals surface area contributed by atoms with Gasteiger partial charge in [-0.15, -0.1) is 0 Å². The summed E-state index contributed by atoms with van der Waals surface area (Å²) in [5.41, 5.74) is 1.85. The molecule has 0 unspecified atom stereocenters. The Hall–Kier alpha value is -1.88. The quantitative estimate of drug-likeness (QED) is 0.812. The molecule has 1 aliphatic rings. The second-order valence-corrected chi connectivity index (χ2v) is 7.78. The molecule has 1 aliphatic heterocycles. The Balaban J connectivity index is 1.95. The van der Waals surface area contributed by atoms with E-state index in [1.54, 1.807) is 0 Å². The summed E-state index contributed by atoms with van der Waals surface area (Å²) in [7, 11) is 0. The van der Waals surface area contributed by atoms with E-state index in [-0.39, 0.29) is 23.9 Å². The van der Waals surface area contributed by atoms with Crippen molar-refractivity contribution in [2.45, 2.75) is 53.1 Å². The van der Waals surface area contributed by atoms with Crippen LogP contribution in [0.25, 0.3) is 0 Å². The normalized spacial score (nSPS) is 16.0. The van der Waals surface area contributed by atoms with Crippen LogP contribution < -0.4 is 0 Å². The second-order valence-electron chi connectivity index (χ2n) is 7.78. The molecule has 2 amide bonds. The van der Waals surface area contributed by atoms with Gasteiger partial charge in [-0.1, -0.05) is 17.7 Å².